The predicted molar refractivity (Wildman–Crippen MR) is 96.9 cm³/mol. The molecule has 0 radical (unpaired) electrons. The summed E-state index contributed by atoms with van der Waals surface area (Å²) in [6.45, 7) is 17.2. The second kappa shape index (κ2) is 11.4. The third kappa shape index (κ3) is 7.02. The van der Waals surface area contributed by atoms with E-state index in [0.29, 0.717) is 0 Å². The van der Waals surface area contributed by atoms with Crippen molar-refractivity contribution in [3.8, 4) is 0 Å². The smallest absolute Gasteiger partial charge is 0.0882 e. The summed E-state index contributed by atoms with van der Waals surface area (Å²) in [5.41, 5.74) is 3.13. The van der Waals surface area contributed by atoms with Crippen LogP contribution in [-0.2, 0) is 0 Å². The van der Waals surface area contributed by atoms with Crippen molar-refractivity contribution < 1.29 is 0 Å². The molecule has 0 bridgehead atoms. The summed E-state index contributed by atoms with van der Waals surface area (Å²) < 4.78 is 0. The molecule has 21 heavy (non-hydrogen) atoms. The van der Waals surface area contributed by atoms with E-state index in [2.05, 4.69) is 29.7 Å². The minimum Gasteiger partial charge on any atom is -0.255 e. The zero-order valence-electron chi connectivity index (χ0n) is 13.2. The van der Waals surface area contributed by atoms with Crippen LogP contribution in [0.25, 0.3) is 0 Å². The normalized spacial score (nSPS) is 14.3. The average Bonchev–Trinajstić information content (AvgIpc) is 2.48. The molecule has 0 aromatic rings. The van der Waals surface area contributed by atoms with Gasteiger partial charge in [0, 0.05) is 6.21 Å². The third-order valence-corrected chi connectivity index (χ3v) is 2.39. The van der Waals surface area contributed by atoms with Crippen LogP contribution in [0.4, 0.5) is 0 Å². The highest BCUT2D eigenvalue weighted by Crippen LogP contribution is 2.16. The number of allylic oxidation sites excluding steroid dienone is 9. The molecule has 0 heterocycles. The highest BCUT2D eigenvalue weighted by atomic mass is 14.9. The highest BCUT2D eigenvalue weighted by molar-refractivity contribution is 6.10. The van der Waals surface area contributed by atoms with E-state index >= 15 is 0 Å². The van der Waals surface area contributed by atoms with Crippen LogP contribution in [0, 0.1) is 0 Å². The Kier molecular flexibility index (Phi) is 10.0. The van der Waals surface area contributed by atoms with Crippen molar-refractivity contribution in [2.75, 3.05) is 0 Å². The van der Waals surface area contributed by atoms with E-state index in [1.807, 2.05) is 57.2 Å². The minimum absolute atomic E-state index is 0.725. The Morgan fingerprint density at radius 3 is 2.05 bits per heavy atom. The van der Waals surface area contributed by atoms with E-state index in [9.17, 15) is 0 Å². The second-order valence-corrected chi connectivity index (χ2v) is 4.00. The van der Waals surface area contributed by atoms with E-state index in [-0.39, 0.29) is 0 Å². The first-order chi connectivity index (χ1) is 10.1. The number of aliphatic imine (C=N–C) groups is 2. The van der Waals surface area contributed by atoms with Crippen LogP contribution in [-0.4, -0.2) is 11.9 Å². The van der Waals surface area contributed by atoms with Gasteiger partial charge in [-0.25, -0.2) is 4.99 Å². The standard InChI is InChI=1S/C19H24N2/c1-7-12-16(6)18(13-8-2)21-17(11-5)19(14-9-3)20-15-10-4/h7-15H,3-4,6H2,1-2,5H3/b12-7-,13-8-,17-11-,19-14-,20-15-,21-18+. The van der Waals surface area contributed by atoms with Crippen LogP contribution >= 0.6 is 0 Å². The maximum atomic E-state index is 4.65. The van der Waals surface area contributed by atoms with Gasteiger partial charge >= 0.3 is 0 Å². The van der Waals surface area contributed by atoms with E-state index < -0.39 is 0 Å². The van der Waals surface area contributed by atoms with Crippen LogP contribution in [0.2, 0.25) is 0 Å². The lowest BCUT2D eigenvalue weighted by Gasteiger charge is -2.06. The SMILES string of the molecule is C=C\C=N/C(=C\C=C)C(=C/C)/N=C(\C=C/C)C(=C)/C=C\C. The Morgan fingerprint density at radius 1 is 0.905 bits per heavy atom. The molecule has 0 atom stereocenters. The molecular formula is C19H24N2. The molecule has 0 fully saturated rings. The lowest BCUT2D eigenvalue weighted by atomic mass is 10.1. The van der Waals surface area contributed by atoms with Crippen molar-refractivity contribution in [2.45, 2.75) is 20.8 Å². The molecule has 0 spiro atoms. The number of nitrogens with zero attached hydrogens (tertiary/aromatic N) is 2. The predicted octanol–water partition coefficient (Wildman–Crippen LogP) is 5.37. The summed E-state index contributed by atoms with van der Waals surface area (Å²) in [5, 5.41) is 0. The van der Waals surface area contributed by atoms with Gasteiger partial charge < -0.3 is 0 Å². The first-order valence-electron chi connectivity index (χ1n) is 6.82. The highest BCUT2D eigenvalue weighted by Gasteiger charge is 2.04. The molecule has 0 saturated carbocycles. The molecule has 0 rings (SSSR count). The summed E-state index contributed by atoms with van der Waals surface area (Å²) in [6, 6.07) is 0. The van der Waals surface area contributed by atoms with Gasteiger partial charge in [-0.3, -0.25) is 4.99 Å². The molecule has 0 aliphatic heterocycles. The molecule has 2 heteroatoms. The largest absolute Gasteiger partial charge is 0.255 e. The first-order valence-corrected chi connectivity index (χ1v) is 6.82. The van der Waals surface area contributed by atoms with Crippen molar-refractivity contribution in [3.05, 3.63) is 85.3 Å². The molecule has 0 aliphatic rings. The van der Waals surface area contributed by atoms with Crippen molar-refractivity contribution in [2.24, 2.45) is 9.98 Å². The monoisotopic (exact) mass is 280 g/mol. The molecule has 2 nitrogen and oxygen atoms in total. The second-order valence-electron chi connectivity index (χ2n) is 4.00. The fraction of sp³-hybridized carbons (Fsp3) is 0.158. The molecule has 0 saturated heterocycles. The summed E-state index contributed by atoms with van der Waals surface area (Å²) in [4.78, 5) is 8.97. The molecule has 0 aromatic heterocycles. The minimum atomic E-state index is 0.725. The Balaban J connectivity index is 5.79. The summed E-state index contributed by atoms with van der Waals surface area (Å²) in [6.07, 6.45) is 16.4. The average molecular weight is 280 g/mol. The van der Waals surface area contributed by atoms with Crippen LogP contribution < -0.4 is 0 Å². The lowest BCUT2D eigenvalue weighted by molar-refractivity contribution is 1.23. The van der Waals surface area contributed by atoms with Gasteiger partial charge in [-0.05, 0) is 38.5 Å². The van der Waals surface area contributed by atoms with Crippen LogP contribution in [0.5, 0.6) is 0 Å². The zero-order valence-corrected chi connectivity index (χ0v) is 13.2. The zero-order chi connectivity index (χ0) is 16.1. The van der Waals surface area contributed by atoms with Crippen molar-refractivity contribution >= 4 is 11.9 Å². The van der Waals surface area contributed by atoms with E-state index in [1.54, 1.807) is 18.4 Å². The summed E-state index contributed by atoms with van der Waals surface area (Å²) >= 11 is 0. The molecule has 0 N–H and O–H groups in total. The Hall–Kier alpha value is -2.48. The number of hydrogen-bond acceptors (Lipinski definition) is 2. The molecule has 0 unspecified atom stereocenters. The molecule has 0 aliphatic carbocycles. The van der Waals surface area contributed by atoms with Gasteiger partial charge in [-0.15, -0.1) is 0 Å². The first kappa shape index (κ1) is 18.5. The van der Waals surface area contributed by atoms with Gasteiger partial charge in [-0.1, -0.05) is 56.2 Å². The molecular weight excluding hydrogens is 256 g/mol. The van der Waals surface area contributed by atoms with Crippen LogP contribution in [0.1, 0.15) is 20.8 Å². The van der Waals surface area contributed by atoms with Gasteiger partial charge in [0.05, 0.1) is 17.1 Å². The third-order valence-electron chi connectivity index (χ3n) is 2.39. The molecule has 0 aromatic carbocycles. The summed E-state index contributed by atoms with van der Waals surface area (Å²) in [5.74, 6) is 0. The van der Waals surface area contributed by atoms with Crippen LogP contribution in [0.3, 0.4) is 0 Å². The lowest BCUT2D eigenvalue weighted by Crippen LogP contribution is -1.98. The Morgan fingerprint density at radius 2 is 1.57 bits per heavy atom. The van der Waals surface area contributed by atoms with E-state index in [0.717, 1.165) is 22.7 Å². The number of hydrogen-bond donors (Lipinski definition) is 0. The summed E-state index contributed by atoms with van der Waals surface area (Å²) in [7, 11) is 0. The molecule has 110 valence electrons. The maximum Gasteiger partial charge on any atom is 0.0882 e. The van der Waals surface area contributed by atoms with Gasteiger partial charge in [0.15, 0.2) is 0 Å². The maximum absolute atomic E-state index is 4.65. The van der Waals surface area contributed by atoms with Crippen molar-refractivity contribution in [3.63, 3.8) is 0 Å². The van der Waals surface area contributed by atoms with E-state index in [4.69, 9.17) is 0 Å². The fourth-order valence-electron chi connectivity index (χ4n) is 1.50. The van der Waals surface area contributed by atoms with E-state index in [1.165, 1.54) is 0 Å². The number of rotatable bonds is 8. The molecule has 0 amide bonds. The van der Waals surface area contributed by atoms with Crippen LogP contribution in [0.15, 0.2) is 95.3 Å². The quantitative estimate of drug-likeness (QED) is 0.422. The van der Waals surface area contributed by atoms with Gasteiger partial charge in [0.1, 0.15) is 0 Å². The van der Waals surface area contributed by atoms with Crippen molar-refractivity contribution in [1.29, 1.82) is 0 Å². The Labute approximate surface area is 128 Å². The van der Waals surface area contributed by atoms with Gasteiger partial charge in [0.25, 0.3) is 0 Å². The van der Waals surface area contributed by atoms with Gasteiger partial charge in [0.2, 0.25) is 0 Å². The topological polar surface area (TPSA) is 24.7 Å². The van der Waals surface area contributed by atoms with Gasteiger partial charge in [-0.2, -0.15) is 0 Å². The Bertz CT molecular complexity index is 550. The fourth-order valence-corrected chi connectivity index (χ4v) is 1.50. The van der Waals surface area contributed by atoms with Crippen molar-refractivity contribution in [1.82, 2.24) is 0 Å².